The number of hydrazone groups is 1. The molecule has 0 atom stereocenters. The molecule has 0 unspecified atom stereocenters. The monoisotopic (exact) mass is 528 g/mol. The zero-order valence-corrected chi connectivity index (χ0v) is 18.2. The van der Waals surface area contributed by atoms with Gasteiger partial charge in [-0.05, 0) is 64.5 Å². The Bertz CT molecular complexity index is 1010. The van der Waals surface area contributed by atoms with E-state index in [9.17, 15) is 9.90 Å². The first-order valence-electron chi connectivity index (χ1n) is 7.47. The summed E-state index contributed by atoms with van der Waals surface area (Å²) in [5.74, 6) is -0.231. The van der Waals surface area contributed by atoms with Crippen LogP contribution in [0.5, 0.6) is 5.75 Å². The van der Waals surface area contributed by atoms with E-state index in [2.05, 4.69) is 42.4 Å². The second-order valence-corrected chi connectivity index (χ2v) is 8.48. The minimum absolute atomic E-state index is 0.0897. The fourth-order valence-electron chi connectivity index (χ4n) is 2.03. The normalized spacial score (nSPS) is 11.1. The summed E-state index contributed by atoms with van der Waals surface area (Å²) in [4.78, 5) is 13.1. The molecule has 5 nitrogen and oxygen atoms in total. The van der Waals surface area contributed by atoms with E-state index in [0.717, 1.165) is 4.90 Å². The maximum absolute atomic E-state index is 12.2. The predicted molar refractivity (Wildman–Crippen MR) is 113 cm³/mol. The smallest absolute Gasteiger partial charge is 0.275 e. The molecule has 0 bridgehead atoms. The summed E-state index contributed by atoms with van der Waals surface area (Å²) in [5, 5.41) is 15.2. The number of hydrogen-bond acceptors (Lipinski definition) is 5. The number of rotatable bonds is 5. The van der Waals surface area contributed by atoms with Crippen molar-refractivity contribution in [2.45, 2.75) is 9.99 Å². The number of aromatic hydroxyl groups is 1. The first-order valence-corrected chi connectivity index (χ1v) is 10.2. The van der Waals surface area contributed by atoms with Crippen LogP contribution in [-0.4, -0.2) is 17.2 Å². The molecule has 0 spiro atoms. The highest BCUT2D eigenvalue weighted by atomic mass is 79.9. The summed E-state index contributed by atoms with van der Waals surface area (Å²) < 4.78 is 6.69. The molecule has 1 amide bonds. The highest BCUT2D eigenvalue weighted by Crippen LogP contribution is 2.32. The highest BCUT2D eigenvalue weighted by molar-refractivity contribution is 9.11. The number of hydrogen-bond donors (Lipinski definition) is 2. The Morgan fingerprint density at radius 2 is 1.93 bits per heavy atom. The van der Waals surface area contributed by atoms with Crippen LogP contribution in [0.1, 0.15) is 16.1 Å². The minimum Gasteiger partial charge on any atom is -0.506 e. The maximum atomic E-state index is 12.2. The second kappa shape index (κ2) is 8.97. The Hall–Kier alpha value is -1.74. The molecule has 9 heteroatoms. The van der Waals surface area contributed by atoms with Crippen molar-refractivity contribution in [3.05, 3.63) is 73.8 Å². The quantitative estimate of drug-likeness (QED) is 0.310. The van der Waals surface area contributed by atoms with Crippen LogP contribution in [0, 0.1) is 0 Å². The molecular formula is C18H11Br2ClN2O3S. The average molecular weight is 531 g/mol. The van der Waals surface area contributed by atoms with Gasteiger partial charge in [-0.1, -0.05) is 39.3 Å². The van der Waals surface area contributed by atoms with Gasteiger partial charge in [0.1, 0.15) is 11.5 Å². The number of nitrogens with one attached hydrogen (secondary N) is 1. The summed E-state index contributed by atoms with van der Waals surface area (Å²) in [5.41, 5.74) is 2.44. The van der Waals surface area contributed by atoms with Crippen LogP contribution in [0.15, 0.2) is 77.0 Å². The van der Waals surface area contributed by atoms with E-state index in [1.165, 1.54) is 24.0 Å². The van der Waals surface area contributed by atoms with Crippen molar-refractivity contribution in [2.75, 3.05) is 0 Å². The molecule has 0 aliphatic heterocycles. The summed E-state index contributed by atoms with van der Waals surface area (Å²) in [6.07, 6.45) is 1.38. The Kier molecular flexibility index (Phi) is 6.64. The number of carbonyl (C=O) groups excluding carboxylic acids is 1. The average Bonchev–Trinajstić information content (AvgIpc) is 3.07. The molecule has 2 aromatic carbocycles. The van der Waals surface area contributed by atoms with Crippen molar-refractivity contribution in [2.24, 2.45) is 5.10 Å². The van der Waals surface area contributed by atoms with Crippen LogP contribution < -0.4 is 5.43 Å². The minimum atomic E-state index is -0.548. The van der Waals surface area contributed by atoms with Gasteiger partial charge in [0, 0.05) is 14.4 Å². The van der Waals surface area contributed by atoms with Gasteiger partial charge in [-0.25, -0.2) is 5.43 Å². The third kappa shape index (κ3) is 5.38. The third-order valence-corrected chi connectivity index (χ3v) is 5.51. The lowest BCUT2D eigenvalue weighted by Crippen LogP contribution is -2.17. The molecule has 2 N–H and O–H groups in total. The number of phenols is 1. The van der Waals surface area contributed by atoms with Gasteiger partial charge >= 0.3 is 0 Å². The molecule has 138 valence electrons. The Balaban J connectivity index is 1.63. The molecule has 0 fully saturated rings. The van der Waals surface area contributed by atoms with E-state index in [1.54, 1.807) is 30.3 Å². The number of halogens is 3. The number of nitrogens with zero attached hydrogens (tertiary/aromatic N) is 1. The first kappa shape index (κ1) is 20.0. The molecule has 0 radical (unpaired) electrons. The maximum Gasteiger partial charge on any atom is 0.275 e. The van der Waals surface area contributed by atoms with E-state index in [4.69, 9.17) is 16.0 Å². The second-order valence-electron chi connectivity index (χ2n) is 5.20. The van der Waals surface area contributed by atoms with Crippen LogP contribution >= 0.6 is 55.2 Å². The summed E-state index contributed by atoms with van der Waals surface area (Å²) >= 11 is 13.8. The number of benzene rings is 2. The Morgan fingerprint density at radius 3 is 2.67 bits per heavy atom. The molecule has 1 heterocycles. The summed E-state index contributed by atoms with van der Waals surface area (Å²) in [6.45, 7) is 0. The number of amides is 1. The largest absolute Gasteiger partial charge is 0.506 e. The molecule has 0 aliphatic carbocycles. The van der Waals surface area contributed by atoms with E-state index >= 15 is 0 Å². The topological polar surface area (TPSA) is 74.8 Å². The van der Waals surface area contributed by atoms with Crippen LogP contribution in [0.25, 0.3) is 0 Å². The predicted octanol–water partition coefficient (Wildman–Crippen LogP) is 6.08. The molecule has 0 saturated heterocycles. The number of phenolic OH excluding ortho intramolecular Hbond substituents is 1. The van der Waals surface area contributed by atoms with Crippen molar-refractivity contribution in [3.63, 3.8) is 0 Å². The fourth-order valence-corrected chi connectivity index (χ4v) is 4.16. The van der Waals surface area contributed by atoms with Gasteiger partial charge in [0.05, 0.1) is 16.3 Å². The lowest BCUT2D eigenvalue weighted by atomic mass is 10.2. The van der Waals surface area contributed by atoms with Crippen molar-refractivity contribution in [3.8, 4) is 5.75 Å². The number of furan rings is 1. The molecule has 27 heavy (non-hydrogen) atoms. The fraction of sp³-hybridized carbons (Fsp3) is 0. The number of carbonyl (C=O) groups is 1. The van der Waals surface area contributed by atoms with Crippen LogP contribution in [0.4, 0.5) is 0 Å². The van der Waals surface area contributed by atoms with Gasteiger partial charge in [-0.15, -0.1) is 0 Å². The van der Waals surface area contributed by atoms with Gasteiger partial charge < -0.3 is 9.52 Å². The first-order chi connectivity index (χ1) is 12.9. The summed E-state index contributed by atoms with van der Waals surface area (Å²) in [7, 11) is 0. The van der Waals surface area contributed by atoms with Crippen LogP contribution in [0.2, 0.25) is 5.02 Å². The molecule has 0 saturated carbocycles. The Morgan fingerprint density at radius 1 is 1.19 bits per heavy atom. The molecule has 0 aliphatic rings. The van der Waals surface area contributed by atoms with Gasteiger partial charge in [0.2, 0.25) is 0 Å². The van der Waals surface area contributed by atoms with Gasteiger partial charge in [-0.2, -0.15) is 5.10 Å². The van der Waals surface area contributed by atoms with Crippen molar-refractivity contribution in [1.29, 1.82) is 0 Å². The molecule has 3 aromatic rings. The van der Waals surface area contributed by atoms with E-state index in [0.29, 0.717) is 24.8 Å². The lowest BCUT2D eigenvalue weighted by Gasteiger charge is -2.05. The zero-order valence-electron chi connectivity index (χ0n) is 13.4. The van der Waals surface area contributed by atoms with E-state index < -0.39 is 5.91 Å². The van der Waals surface area contributed by atoms with E-state index in [-0.39, 0.29) is 11.3 Å². The zero-order chi connectivity index (χ0) is 19.4. The van der Waals surface area contributed by atoms with Gasteiger partial charge in [0.25, 0.3) is 5.91 Å². The standard InChI is InChI=1S/C18H11Br2ClN2O3S/c19-10-7-14(17(24)15(20)8-10)18(25)23-22-9-12-3-6-16(26-12)27-13-4-1-11(21)2-5-13/h1-9,24H,(H,23,25)/b22-9-. The van der Waals surface area contributed by atoms with Crippen molar-refractivity contribution in [1.82, 2.24) is 5.43 Å². The Labute approximate surface area is 181 Å². The van der Waals surface area contributed by atoms with Gasteiger partial charge in [0.15, 0.2) is 5.09 Å². The SMILES string of the molecule is O=C(N/N=C\c1ccc(Sc2ccc(Cl)cc2)o1)c1cc(Br)cc(Br)c1O. The van der Waals surface area contributed by atoms with E-state index in [1.807, 2.05) is 12.1 Å². The molecule has 3 rings (SSSR count). The van der Waals surface area contributed by atoms with Crippen molar-refractivity contribution < 1.29 is 14.3 Å². The lowest BCUT2D eigenvalue weighted by molar-refractivity contribution is 0.0952. The molecule has 1 aromatic heterocycles. The summed E-state index contributed by atoms with van der Waals surface area (Å²) in [6, 6.07) is 14.1. The van der Waals surface area contributed by atoms with Crippen LogP contribution in [-0.2, 0) is 0 Å². The van der Waals surface area contributed by atoms with Crippen molar-refractivity contribution >= 4 is 67.3 Å². The van der Waals surface area contributed by atoms with Crippen LogP contribution in [0.3, 0.4) is 0 Å². The third-order valence-electron chi connectivity index (χ3n) is 3.26. The van der Waals surface area contributed by atoms with Gasteiger partial charge in [-0.3, -0.25) is 4.79 Å². The molecular weight excluding hydrogens is 520 g/mol. The highest BCUT2D eigenvalue weighted by Gasteiger charge is 2.14.